The van der Waals surface area contributed by atoms with E-state index in [1.165, 1.54) is 4.88 Å². The topological polar surface area (TPSA) is 45.7 Å². The monoisotopic (exact) mass is 331 g/mol. The second kappa shape index (κ2) is 9.20. The molecule has 0 amide bonds. The molecule has 1 aromatic heterocycles. The molecule has 0 radical (unpaired) electrons. The van der Waals surface area contributed by atoms with E-state index in [1.807, 2.05) is 26.0 Å². The highest BCUT2D eigenvalue weighted by Gasteiger charge is 2.01. The lowest BCUT2D eigenvalue weighted by Crippen LogP contribution is -2.36. The quantitative estimate of drug-likeness (QED) is 0.599. The summed E-state index contributed by atoms with van der Waals surface area (Å²) >= 11 is 1.74. The van der Waals surface area contributed by atoms with Crippen LogP contribution in [0.25, 0.3) is 0 Å². The smallest absolute Gasteiger partial charge is 0.191 e. The van der Waals surface area contributed by atoms with Crippen molar-refractivity contribution in [2.45, 2.75) is 40.0 Å². The summed E-state index contributed by atoms with van der Waals surface area (Å²) in [6, 6.07) is 12.3. The molecular formula is C18H25N3OS. The highest BCUT2D eigenvalue weighted by atomic mass is 32.1. The Hall–Kier alpha value is -2.01. The molecule has 2 aromatic rings. The summed E-state index contributed by atoms with van der Waals surface area (Å²) in [5.74, 6) is 1.74. The van der Waals surface area contributed by atoms with Gasteiger partial charge in [0.1, 0.15) is 5.75 Å². The van der Waals surface area contributed by atoms with Crippen LogP contribution in [0.3, 0.4) is 0 Å². The van der Waals surface area contributed by atoms with E-state index in [9.17, 15) is 0 Å². The van der Waals surface area contributed by atoms with E-state index >= 15 is 0 Å². The van der Waals surface area contributed by atoms with Crippen molar-refractivity contribution in [3.8, 4) is 5.75 Å². The lowest BCUT2D eigenvalue weighted by molar-refractivity contribution is 0.242. The molecule has 23 heavy (non-hydrogen) atoms. The molecule has 0 saturated heterocycles. The van der Waals surface area contributed by atoms with Crippen LogP contribution in [0.15, 0.2) is 46.8 Å². The number of thiophene rings is 1. The van der Waals surface area contributed by atoms with E-state index in [0.29, 0.717) is 6.54 Å². The van der Waals surface area contributed by atoms with Crippen molar-refractivity contribution in [3.05, 3.63) is 52.2 Å². The summed E-state index contributed by atoms with van der Waals surface area (Å²) < 4.78 is 5.65. The Morgan fingerprint density at radius 2 is 1.96 bits per heavy atom. The third kappa shape index (κ3) is 6.32. The van der Waals surface area contributed by atoms with E-state index in [-0.39, 0.29) is 6.10 Å². The number of ether oxygens (including phenoxy) is 1. The minimum absolute atomic E-state index is 0.195. The van der Waals surface area contributed by atoms with Crippen molar-refractivity contribution >= 4 is 17.3 Å². The maximum atomic E-state index is 5.65. The Labute approximate surface area is 142 Å². The second-order valence-corrected chi connectivity index (χ2v) is 6.47. The molecule has 0 aliphatic heterocycles. The molecule has 124 valence electrons. The summed E-state index contributed by atoms with van der Waals surface area (Å²) in [7, 11) is 0. The number of hydrogen-bond acceptors (Lipinski definition) is 3. The summed E-state index contributed by atoms with van der Waals surface area (Å²) in [4.78, 5) is 5.93. The second-order valence-electron chi connectivity index (χ2n) is 5.44. The Morgan fingerprint density at radius 3 is 2.57 bits per heavy atom. The molecule has 1 aromatic carbocycles. The van der Waals surface area contributed by atoms with Gasteiger partial charge >= 0.3 is 0 Å². The zero-order chi connectivity index (χ0) is 16.5. The number of nitrogens with zero attached hydrogens (tertiary/aromatic N) is 1. The molecular weight excluding hydrogens is 306 g/mol. The van der Waals surface area contributed by atoms with Crippen molar-refractivity contribution in [3.63, 3.8) is 0 Å². The predicted octanol–water partition coefficient (Wildman–Crippen LogP) is 3.79. The first-order valence-electron chi connectivity index (χ1n) is 7.97. The maximum absolute atomic E-state index is 5.65. The predicted molar refractivity (Wildman–Crippen MR) is 98.2 cm³/mol. The first kappa shape index (κ1) is 17.3. The van der Waals surface area contributed by atoms with Crippen molar-refractivity contribution in [2.24, 2.45) is 4.99 Å². The van der Waals surface area contributed by atoms with Crippen molar-refractivity contribution in [1.29, 1.82) is 0 Å². The van der Waals surface area contributed by atoms with Crippen LogP contribution >= 0.6 is 11.3 Å². The summed E-state index contributed by atoms with van der Waals surface area (Å²) in [5, 5.41) is 8.71. The lowest BCUT2D eigenvalue weighted by Gasteiger charge is -2.11. The van der Waals surface area contributed by atoms with E-state index in [0.717, 1.165) is 30.4 Å². The molecule has 0 fully saturated rings. The highest BCUT2D eigenvalue weighted by molar-refractivity contribution is 7.09. The normalized spacial score (nSPS) is 11.6. The zero-order valence-electron chi connectivity index (χ0n) is 14.0. The third-order valence-electron chi connectivity index (χ3n) is 3.07. The fourth-order valence-corrected chi connectivity index (χ4v) is 2.69. The Morgan fingerprint density at radius 1 is 1.17 bits per heavy atom. The van der Waals surface area contributed by atoms with Crippen LogP contribution in [-0.4, -0.2) is 18.6 Å². The van der Waals surface area contributed by atoms with Gasteiger partial charge in [-0.3, -0.25) is 0 Å². The lowest BCUT2D eigenvalue weighted by atomic mass is 10.2. The van der Waals surface area contributed by atoms with Crippen LogP contribution in [0.4, 0.5) is 0 Å². The average molecular weight is 331 g/mol. The molecule has 0 saturated carbocycles. The minimum atomic E-state index is 0.195. The van der Waals surface area contributed by atoms with Crippen molar-refractivity contribution in [1.82, 2.24) is 10.6 Å². The molecule has 0 bridgehead atoms. The van der Waals surface area contributed by atoms with E-state index in [1.54, 1.807) is 11.3 Å². The van der Waals surface area contributed by atoms with Gasteiger partial charge in [-0.15, -0.1) is 11.3 Å². The van der Waals surface area contributed by atoms with Crippen molar-refractivity contribution in [2.75, 3.05) is 6.54 Å². The van der Waals surface area contributed by atoms with Gasteiger partial charge in [0.15, 0.2) is 5.96 Å². The van der Waals surface area contributed by atoms with E-state index < -0.39 is 0 Å². The SMILES string of the molecule is CCNC(=NCc1ccc(OC(C)C)cc1)NCc1cccs1. The van der Waals surface area contributed by atoms with Gasteiger partial charge in [0, 0.05) is 11.4 Å². The standard InChI is InChI=1S/C18H25N3OS/c1-4-19-18(21-13-17-6-5-11-23-17)20-12-15-7-9-16(10-8-15)22-14(2)3/h5-11,14H,4,12-13H2,1-3H3,(H2,19,20,21). The molecule has 0 aliphatic rings. The molecule has 0 spiro atoms. The number of guanidine groups is 1. The molecule has 5 heteroatoms. The van der Waals surface area contributed by atoms with Gasteiger partial charge < -0.3 is 15.4 Å². The van der Waals surface area contributed by atoms with Crippen LogP contribution in [0.2, 0.25) is 0 Å². The van der Waals surface area contributed by atoms with Gasteiger partial charge in [-0.05, 0) is 49.9 Å². The Bertz CT molecular complexity index is 591. The Kier molecular flexibility index (Phi) is 6.94. The van der Waals surface area contributed by atoms with Crippen LogP contribution < -0.4 is 15.4 Å². The van der Waals surface area contributed by atoms with Gasteiger partial charge in [-0.1, -0.05) is 18.2 Å². The molecule has 1 heterocycles. The maximum Gasteiger partial charge on any atom is 0.191 e. The largest absolute Gasteiger partial charge is 0.491 e. The summed E-state index contributed by atoms with van der Waals surface area (Å²) in [6.45, 7) is 8.41. The molecule has 2 rings (SSSR count). The molecule has 4 nitrogen and oxygen atoms in total. The van der Waals surface area contributed by atoms with Gasteiger partial charge in [-0.25, -0.2) is 4.99 Å². The van der Waals surface area contributed by atoms with Crippen molar-refractivity contribution < 1.29 is 4.74 Å². The number of nitrogens with one attached hydrogen (secondary N) is 2. The van der Waals surface area contributed by atoms with Crippen LogP contribution in [-0.2, 0) is 13.1 Å². The van der Waals surface area contributed by atoms with Gasteiger partial charge in [0.25, 0.3) is 0 Å². The van der Waals surface area contributed by atoms with Gasteiger partial charge in [-0.2, -0.15) is 0 Å². The number of rotatable bonds is 7. The third-order valence-corrected chi connectivity index (χ3v) is 3.95. The zero-order valence-corrected chi connectivity index (χ0v) is 14.8. The fraction of sp³-hybridized carbons (Fsp3) is 0.389. The minimum Gasteiger partial charge on any atom is -0.491 e. The van der Waals surface area contributed by atoms with Gasteiger partial charge in [0.05, 0.1) is 19.2 Å². The number of aliphatic imine (C=N–C) groups is 1. The van der Waals surface area contributed by atoms with Crippen LogP contribution in [0.1, 0.15) is 31.2 Å². The number of hydrogen-bond donors (Lipinski definition) is 2. The van der Waals surface area contributed by atoms with Crippen LogP contribution in [0, 0.1) is 0 Å². The first-order chi connectivity index (χ1) is 11.2. The average Bonchev–Trinajstić information content (AvgIpc) is 3.04. The molecule has 2 N–H and O–H groups in total. The highest BCUT2D eigenvalue weighted by Crippen LogP contribution is 2.14. The number of benzene rings is 1. The fourth-order valence-electron chi connectivity index (χ4n) is 2.04. The van der Waals surface area contributed by atoms with Gasteiger partial charge in [0.2, 0.25) is 0 Å². The summed E-state index contributed by atoms with van der Waals surface area (Å²) in [5.41, 5.74) is 1.16. The van der Waals surface area contributed by atoms with E-state index in [4.69, 9.17) is 4.74 Å². The van der Waals surface area contributed by atoms with E-state index in [2.05, 4.69) is 52.2 Å². The first-order valence-corrected chi connectivity index (χ1v) is 8.85. The molecule has 0 aliphatic carbocycles. The summed E-state index contributed by atoms with van der Waals surface area (Å²) in [6.07, 6.45) is 0.195. The molecule has 0 unspecified atom stereocenters. The Balaban J connectivity index is 1.91. The molecule has 0 atom stereocenters. The van der Waals surface area contributed by atoms with Crippen LogP contribution in [0.5, 0.6) is 5.75 Å².